The number of hydrogen-bond donors (Lipinski definition) is 1. The molecule has 0 amide bonds. The van der Waals surface area contributed by atoms with Gasteiger partial charge < -0.3 is 0 Å². The van der Waals surface area contributed by atoms with Crippen molar-refractivity contribution in [2.75, 3.05) is 11.2 Å². The molecule has 0 aliphatic rings. The minimum Gasteiger partial charge on any atom is -0.254 e. The summed E-state index contributed by atoms with van der Waals surface area (Å²) in [5, 5.41) is 0. The van der Waals surface area contributed by atoms with E-state index in [1.807, 2.05) is 37.3 Å². The summed E-state index contributed by atoms with van der Waals surface area (Å²) < 4.78 is 5.04. The molecule has 1 aromatic carbocycles. The molecule has 0 heterocycles. The molecule has 1 rings (SSSR count). The molecule has 0 atom stereocenters. The third kappa shape index (κ3) is 3.30. The fourth-order valence-corrected chi connectivity index (χ4v) is 0.916. The molecule has 0 aromatic heterocycles. The highest BCUT2D eigenvalue weighted by Gasteiger charge is 1.87. The molecule has 11 heavy (non-hydrogen) atoms. The summed E-state index contributed by atoms with van der Waals surface area (Å²) in [6, 6.07) is 9.80. The van der Waals surface area contributed by atoms with E-state index in [4.69, 9.17) is 4.28 Å². The van der Waals surface area contributed by atoms with Crippen molar-refractivity contribution in [3.63, 3.8) is 0 Å². The second-order valence-corrected chi connectivity index (χ2v) is 2.94. The van der Waals surface area contributed by atoms with E-state index in [0.717, 1.165) is 11.4 Å². The largest absolute Gasteiger partial charge is 0.254 e. The topological polar surface area (TPSA) is 21.3 Å². The lowest BCUT2D eigenvalue weighted by Gasteiger charge is -2.02. The van der Waals surface area contributed by atoms with Gasteiger partial charge in [0.25, 0.3) is 0 Å². The Morgan fingerprint density at radius 3 is 2.73 bits per heavy atom. The first-order valence-corrected chi connectivity index (χ1v) is 4.44. The third-order valence-corrected chi connectivity index (χ3v) is 1.55. The minimum absolute atomic E-state index is 0.944. The Balaban J connectivity index is 2.28. The van der Waals surface area contributed by atoms with E-state index in [1.165, 1.54) is 12.0 Å². The molecule has 0 bridgehead atoms. The van der Waals surface area contributed by atoms with Gasteiger partial charge in [-0.05, 0) is 12.1 Å². The molecule has 0 unspecified atom stereocenters. The highest BCUT2D eigenvalue weighted by molar-refractivity contribution is 7.94. The number of anilines is 1. The van der Waals surface area contributed by atoms with Gasteiger partial charge in [-0.2, -0.15) is 0 Å². The normalized spacial score (nSPS) is 9.55. The molecule has 0 fully saturated rings. The Labute approximate surface area is 71.1 Å². The number of rotatable bonds is 4. The quantitative estimate of drug-likeness (QED) is 0.425. The van der Waals surface area contributed by atoms with Gasteiger partial charge in [-0.15, -0.1) is 0 Å². The smallest absolute Gasteiger partial charge is 0.0616 e. The highest BCUT2D eigenvalue weighted by atomic mass is 32.2. The van der Waals surface area contributed by atoms with Crippen LogP contribution in [0.1, 0.15) is 6.92 Å². The molecule has 0 radical (unpaired) electrons. The summed E-state index contributed by atoms with van der Waals surface area (Å²) in [4.78, 5) is 0. The summed E-state index contributed by atoms with van der Waals surface area (Å²) >= 11 is 1.39. The summed E-state index contributed by atoms with van der Waals surface area (Å²) in [6.45, 7) is 2.04. The van der Waals surface area contributed by atoms with Crippen molar-refractivity contribution in [2.24, 2.45) is 0 Å². The molecule has 0 saturated heterocycles. The number of nitrogens with one attached hydrogen (secondary N) is 1. The molecule has 2 nitrogen and oxygen atoms in total. The van der Waals surface area contributed by atoms with Gasteiger partial charge in [0.2, 0.25) is 0 Å². The monoisotopic (exact) mass is 169 g/mol. The van der Waals surface area contributed by atoms with Gasteiger partial charge in [0.1, 0.15) is 0 Å². The Hall–Kier alpha value is -0.670. The van der Waals surface area contributed by atoms with E-state index in [1.54, 1.807) is 0 Å². The van der Waals surface area contributed by atoms with E-state index in [0.29, 0.717) is 0 Å². The van der Waals surface area contributed by atoms with Gasteiger partial charge in [0, 0.05) is 17.8 Å². The van der Waals surface area contributed by atoms with Gasteiger partial charge in [-0.3, -0.25) is 5.48 Å². The van der Waals surface area contributed by atoms with Crippen LogP contribution in [0.2, 0.25) is 0 Å². The van der Waals surface area contributed by atoms with Gasteiger partial charge in [0.05, 0.1) is 5.69 Å². The second kappa shape index (κ2) is 5.04. The van der Waals surface area contributed by atoms with Crippen molar-refractivity contribution in [3.8, 4) is 0 Å². The van der Waals surface area contributed by atoms with Crippen LogP contribution in [0.15, 0.2) is 30.3 Å². The fourth-order valence-electron chi connectivity index (χ4n) is 0.643. The zero-order valence-electron chi connectivity index (χ0n) is 6.41. The lowest BCUT2D eigenvalue weighted by atomic mass is 10.3. The number of para-hydroxylation sites is 1. The lowest BCUT2D eigenvalue weighted by Crippen LogP contribution is -1.93. The molecule has 1 aromatic rings. The van der Waals surface area contributed by atoms with E-state index in [9.17, 15) is 0 Å². The van der Waals surface area contributed by atoms with Crippen LogP contribution < -0.4 is 5.48 Å². The Morgan fingerprint density at radius 2 is 2.09 bits per heavy atom. The maximum absolute atomic E-state index is 5.04. The molecule has 0 spiro atoms. The molecule has 0 aliphatic carbocycles. The van der Waals surface area contributed by atoms with Gasteiger partial charge in [0.15, 0.2) is 0 Å². The third-order valence-electron chi connectivity index (χ3n) is 1.11. The maximum atomic E-state index is 5.04. The molecule has 3 heteroatoms. The van der Waals surface area contributed by atoms with Gasteiger partial charge >= 0.3 is 0 Å². The molecular weight excluding hydrogens is 158 g/mol. The van der Waals surface area contributed by atoms with Crippen molar-refractivity contribution in [2.45, 2.75) is 6.92 Å². The molecule has 1 N–H and O–H groups in total. The molecule has 60 valence electrons. The van der Waals surface area contributed by atoms with Crippen LogP contribution >= 0.6 is 12.0 Å². The van der Waals surface area contributed by atoms with Crippen LogP contribution in [0, 0.1) is 0 Å². The highest BCUT2D eigenvalue weighted by Crippen LogP contribution is 2.08. The summed E-state index contributed by atoms with van der Waals surface area (Å²) in [5.74, 6) is 0.944. The summed E-state index contributed by atoms with van der Waals surface area (Å²) in [5.41, 5.74) is 3.79. The van der Waals surface area contributed by atoms with Crippen molar-refractivity contribution >= 4 is 17.7 Å². The Bertz CT molecular complexity index is 191. The zero-order valence-corrected chi connectivity index (χ0v) is 7.23. The average molecular weight is 169 g/mol. The first-order chi connectivity index (χ1) is 5.43. The Kier molecular flexibility index (Phi) is 3.86. The molecular formula is C8H11NOS. The second-order valence-electron chi connectivity index (χ2n) is 1.96. The van der Waals surface area contributed by atoms with Gasteiger partial charge in [-0.1, -0.05) is 25.1 Å². The number of hydrogen-bond acceptors (Lipinski definition) is 3. The van der Waals surface area contributed by atoms with E-state index in [-0.39, 0.29) is 0 Å². The van der Waals surface area contributed by atoms with Crippen molar-refractivity contribution < 1.29 is 4.28 Å². The fraction of sp³-hybridized carbons (Fsp3) is 0.250. The minimum atomic E-state index is 0.944. The predicted molar refractivity (Wildman–Crippen MR) is 49.3 cm³/mol. The van der Waals surface area contributed by atoms with E-state index >= 15 is 0 Å². The average Bonchev–Trinajstić information content (AvgIpc) is 2.07. The van der Waals surface area contributed by atoms with E-state index < -0.39 is 0 Å². The standard InChI is InChI=1S/C8H11NOS/c1-2-11-10-9-8-6-4-3-5-7-8/h3-7,9H,2H2,1H3. The SMILES string of the molecule is CCSONc1ccccc1. The molecule has 0 aliphatic heterocycles. The first-order valence-electron chi connectivity index (χ1n) is 3.53. The summed E-state index contributed by atoms with van der Waals surface area (Å²) in [6.07, 6.45) is 0. The number of benzene rings is 1. The lowest BCUT2D eigenvalue weighted by molar-refractivity contribution is 0.478. The van der Waals surface area contributed by atoms with Crippen molar-refractivity contribution in [1.82, 2.24) is 0 Å². The predicted octanol–water partition coefficient (Wildman–Crippen LogP) is 2.70. The zero-order chi connectivity index (χ0) is 7.94. The maximum Gasteiger partial charge on any atom is 0.0616 e. The summed E-state index contributed by atoms with van der Waals surface area (Å²) in [7, 11) is 0. The van der Waals surface area contributed by atoms with Crippen LogP contribution in [0.3, 0.4) is 0 Å². The van der Waals surface area contributed by atoms with Crippen LogP contribution in [0.4, 0.5) is 5.69 Å². The Morgan fingerprint density at radius 1 is 1.36 bits per heavy atom. The first kappa shape index (κ1) is 8.43. The van der Waals surface area contributed by atoms with Crippen molar-refractivity contribution in [3.05, 3.63) is 30.3 Å². The van der Waals surface area contributed by atoms with Crippen LogP contribution in [0.5, 0.6) is 0 Å². The molecule has 0 saturated carbocycles. The van der Waals surface area contributed by atoms with Crippen molar-refractivity contribution in [1.29, 1.82) is 0 Å². The van der Waals surface area contributed by atoms with Crippen LogP contribution in [-0.2, 0) is 4.28 Å². The van der Waals surface area contributed by atoms with Gasteiger partial charge in [-0.25, -0.2) is 4.28 Å². The van der Waals surface area contributed by atoms with E-state index in [2.05, 4.69) is 5.48 Å². The van der Waals surface area contributed by atoms with Crippen LogP contribution in [-0.4, -0.2) is 5.75 Å². The van der Waals surface area contributed by atoms with Crippen LogP contribution in [0.25, 0.3) is 0 Å².